The van der Waals surface area contributed by atoms with E-state index in [0.717, 1.165) is 167 Å². The van der Waals surface area contributed by atoms with Crippen molar-refractivity contribution in [1.82, 2.24) is 54.8 Å². The summed E-state index contributed by atoms with van der Waals surface area (Å²) in [6.07, 6.45) is 0. The molecule has 115 heavy (non-hydrogen) atoms. The van der Waals surface area contributed by atoms with Crippen LogP contribution in [0, 0.1) is 34.6 Å². The fourth-order valence-corrected chi connectivity index (χ4v) is 14.4. The molecule has 0 fully saturated rings. The predicted octanol–water partition coefficient (Wildman–Crippen LogP) is 25.6. The first-order valence-electron chi connectivity index (χ1n) is 38.1. The normalized spacial score (nSPS) is 11.0. The molecule has 13 heteroatoms. The predicted molar refractivity (Wildman–Crippen MR) is 468 cm³/mol. The molecule has 0 unspecified atom stereocenters. The first-order valence-corrected chi connectivity index (χ1v) is 38.1. The molecule has 0 aliphatic heterocycles. The first-order chi connectivity index (χ1) is 56.5. The molecular formula is C102H75N11O2. The highest BCUT2D eigenvalue weighted by Gasteiger charge is 2.19. The quantitative estimate of drug-likeness (QED) is 0.134. The van der Waals surface area contributed by atoms with Gasteiger partial charge in [-0.3, -0.25) is 0 Å². The minimum Gasteiger partial charge on any atom is -0.455 e. The molecule has 0 radical (unpaired) electrons. The van der Waals surface area contributed by atoms with Crippen LogP contribution in [0.5, 0.6) is 0 Å². The van der Waals surface area contributed by atoms with Crippen LogP contribution in [0.1, 0.15) is 29.1 Å². The van der Waals surface area contributed by atoms with E-state index in [2.05, 4.69) is 227 Å². The SMILES string of the molecule is Cc1nc(-c2ccc(-c3ccccc3)cc2)c2ccccc2n1.Cc1nc(-c2cccc3c2oc2ccccc23)c2ccccc2n1.Cc1nc(-c2ccccc2)c2ccccc2n1.Cc1nc(-c2ccccc2)cc(-c2ccc(-c3ccccc3)cc2)n1.Cc1nc(-c2ccccc2)nc(-c2cccc3c2oc2ccccc23)n1. The Morgan fingerprint density at radius 3 is 0.948 bits per heavy atom. The largest absolute Gasteiger partial charge is 0.455 e. The molecule has 0 bridgehead atoms. The number of benzene rings is 14. The van der Waals surface area contributed by atoms with E-state index in [9.17, 15) is 0 Å². The Bertz CT molecular complexity index is 7010. The van der Waals surface area contributed by atoms with Gasteiger partial charge in [0.25, 0.3) is 0 Å². The molecule has 0 saturated heterocycles. The Balaban J connectivity index is 0.000000104. The van der Waals surface area contributed by atoms with E-state index in [0.29, 0.717) is 17.5 Å². The summed E-state index contributed by atoms with van der Waals surface area (Å²) in [5.74, 6) is 5.12. The number of aryl methyl sites for hydroxylation is 5. The molecule has 0 aliphatic carbocycles. The van der Waals surface area contributed by atoms with E-state index in [1.807, 2.05) is 217 Å². The topological polar surface area (TPSA) is 168 Å². The maximum atomic E-state index is 6.17. The lowest BCUT2D eigenvalue weighted by Crippen LogP contribution is -1.99. The number of hydrogen-bond acceptors (Lipinski definition) is 13. The van der Waals surface area contributed by atoms with Gasteiger partial charge < -0.3 is 8.83 Å². The number of furan rings is 2. The van der Waals surface area contributed by atoms with Crippen LogP contribution in [0.3, 0.4) is 0 Å². The van der Waals surface area contributed by atoms with Gasteiger partial charge >= 0.3 is 0 Å². The van der Waals surface area contributed by atoms with Gasteiger partial charge in [0, 0.05) is 71.1 Å². The Hall–Kier alpha value is -15.2. The zero-order valence-electron chi connectivity index (χ0n) is 63.9. The van der Waals surface area contributed by atoms with Crippen molar-refractivity contribution in [3.63, 3.8) is 0 Å². The van der Waals surface area contributed by atoms with Crippen LogP contribution >= 0.6 is 0 Å². The molecule has 0 atom stereocenters. The number of rotatable bonds is 9. The Morgan fingerprint density at radius 1 is 0.183 bits per heavy atom. The van der Waals surface area contributed by atoms with Gasteiger partial charge in [-0.2, -0.15) is 0 Å². The van der Waals surface area contributed by atoms with Gasteiger partial charge in [-0.05, 0) is 105 Å². The zero-order chi connectivity index (χ0) is 78.0. The maximum Gasteiger partial charge on any atom is 0.167 e. The van der Waals surface area contributed by atoms with Crippen LogP contribution in [0.15, 0.2) is 373 Å². The summed E-state index contributed by atoms with van der Waals surface area (Å²) in [4.78, 5) is 50.4. The summed E-state index contributed by atoms with van der Waals surface area (Å²) >= 11 is 0. The summed E-state index contributed by atoms with van der Waals surface area (Å²) in [6, 6.07) is 123. The summed E-state index contributed by atoms with van der Waals surface area (Å²) in [5, 5.41) is 7.63. The van der Waals surface area contributed by atoms with Crippen LogP contribution in [0.4, 0.5) is 0 Å². The highest BCUT2D eigenvalue weighted by molar-refractivity contribution is 6.12. The van der Waals surface area contributed by atoms with Gasteiger partial charge in [0.2, 0.25) is 0 Å². The molecular weight excluding hydrogens is 1410 g/mol. The molecule has 13 nitrogen and oxygen atoms in total. The Labute approximate surface area is 665 Å². The fourth-order valence-electron chi connectivity index (χ4n) is 14.4. The van der Waals surface area contributed by atoms with Crippen molar-refractivity contribution >= 4 is 76.6 Å². The summed E-state index contributed by atoms with van der Waals surface area (Å²) < 4.78 is 12.3. The van der Waals surface area contributed by atoms with Crippen LogP contribution < -0.4 is 0 Å². The van der Waals surface area contributed by atoms with E-state index in [1.165, 1.54) is 22.3 Å². The van der Waals surface area contributed by atoms with E-state index in [4.69, 9.17) is 18.8 Å². The Morgan fingerprint density at radius 2 is 0.478 bits per heavy atom. The van der Waals surface area contributed by atoms with Crippen molar-refractivity contribution in [2.75, 3.05) is 0 Å². The van der Waals surface area contributed by atoms with Crippen molar-refractivity contribution in [3.8, 4) is 101 Å². The minimum absolute atomic E-state index is 0.626. The lowest BCUT2D eigenvalue weighted by atomic mass is 10.0. The van der Waals surface area contributed by atoms with Crippen molar-refractivity contribution in [2.24, 2.45) is 0 Å². The third kappa shape index (κ3) is 16.1. The second-order valence-electron chi connectivity index (χ2n) is 27.7. The number of fused-ring (bicyclic) bond motifs is 9. The monoisotopic (exact) mass is 1490 g/mol. The number of nitrogens with zero attached hydrogens (tertiary/aromatic N) is 11. The van der Waals surface area contributed by atoms with E-state index < -0.39 is 0 Å². The van der Waals surface area contributed by atoms with Crippen LogP contribution in [0.2, 0.25) is 0 Å². The Kier molecular flexibility index (Phi) is 20.9. The van der Waals surface area contributed by atoms with Crippen LogP contribution in [-0.2, 0) is 0 Å². The fraction of sp³-hybridized carbons (Fsp3) is 0.0490. The average molecular weight is 1490 g/mol. The lowest BCUT2D eigenvalue weighted by Gasteiger charge is -2.08. The van der Waals surface area contributed by atoms with Crippen molar-refractivity contribution in [1.29, 1.82) is 0 Å². The van der Waals surface area contributed by atoms with E-state index >= 15 is 0 Å². The molecule has 21 rings (SSSR count). The van der Waals surface area contributed by atoms with Crippen molar-refractivity contribution < 1.29 is 8.83 Å². The van der Waals surface area contributed by atoms with Crippen molar-refractivity contribution in [3.05, 3.63) is 393 Å². The van der Waals surface area contributed by atoms with Gasteiger partial charge in [-0.1, -0.05) is 315 Å². The van der Waals surface area contributed by atoms with E-state index in [1.54, 1.807) is 0 Å². The van der Waals surface area contributed by atoms with Gasteiger partial charge in [-0.15, -0.1) is 0 Å². The van der Waals surface area contributed by atoms with Gasteiger partial charge in [-0.25, -0.2) is 54.8 Å². The molecule has 14 aromatic carbocycles. The molecule has 0 N–H and O–H groups in total. The lowest BCUT2D eigenvalue weighted by molar-refractivity contribution is 0.669. The molecule has 7 heterocycles. The number of para-hydroxylation sites is 7. The highest BCUT2D eigenvalue weighted by Crippen LogP contribution is 2.39. The van der Waals surface area contributed by atoms with Gasteiger partial charge in [0.1, 0.15) is 51.5 Å². The number of aromatic nitrogens is 11. The summed E-state index contributed by atoms with van der Waals surface area (Å²) in [7, 11) is 0. The second-order valence-corrected chi connectivity index (χ2v) is 27.7. The van der Waals surface area contributed by atoms with Crippen LogP contribution in [0.25, 0.3) is 178 Å². The molecule has 550 valence electrons. The third-order valence-electron chi connectivity index (χ3n) is 19.7. The molecule has 0 spiro atoms. The second kappa shape index (κ2) is 33.2. The molecule has 7 aromatic heterocycles. The zero-order valence-corrected chi connectivity index (χ0v) is 63.9. The highest BCUT2D eigenvalue weighted by atomic mass is 16.3. The molecule has 0 saturated carbocycles. The van der Waals surface area contributed by atoms with Crippen LogP contribution in [-0.4, -0.2) is 54.8 Å². The first kappa shape index (κ1) is 72.6. The minimum atomic E-state index is 0.626. The summed E-state index contributed by atoms with van der Waals surface area (Å²) in [6.45, 7) is 9.62. The third-order valence-corrected chi connectivity index (χ3v) is 19.7. The maximum absolute atomic E-state index is 6.17. The number of hydrogen-bond donors (Lipinski definition) is 0. The van der Waals surface area contributed by atoms with Gasteiger partial charge in [0.15, 0.2) is 11.6 Å². The molecule has 0 amide bonds. The van der Waals surface area contributed by atoms with Crippen molar-refractivity contribution in [2.45, 2.75) is 34.6 Å². The molecule has 0 aliphatic rings. The van der Waals surface area contributed by atoms with Gasteiger partial charge in [0.05, 0.1) is 50.6 Å². The standard InChI is InChI=1S/C23H18N2.C22H15N3O.C21H14N2O.C21H16N2.C15H12N2/c1-17-24-22(20-10-6-3-7-11-20)16-23(25-17)21-14-12-19(13-15-21)18-8-4-2-5-9-18;1-14-23-21(15-8-3-2-4-9-15)25-22(24-14)18-12-7-11-17-16-10-5-6-13-19(16)26-20(17)18;1-13-22-18-11-4-2-8-16(18)20(23-13)17-10-6-9-15-14-7-3-5-12-19(14)24-21(15)17;1-15-22-20-10-6-5-9-19(20)21(23-15)18-13-11-17(12-14-18)16-7-3-2-4-8-16;1-11-16-14-10-6-5-9-13(14)15(17-11)12-7-3-2-4-8-12/h2-16H,1H3;2-13H,1H3;2-12H,1H3;2-14H,1H3;2-10H,1H3. The van der Waals surface area contributed by atoms with E-state index in [-0.39, 0.29) is 0 Å². The molecule has 21 aromatic rings. The smallest absolute Gasteiger partial charge is 0.167 e. The summed E-state index contributed by atoms with van der Waals surface area (Å²) in [5.41, 5.74) is 23.4. The average Bonchev–Trinajstić information content (AvgIpc) is 1.65.